The Bertz CT molecular complexity index is 356. The topological polar surface area (TPSA) is 37.3 Å². The van der Waals surface area contributed by atoms with Crippen LogP contribution in [0.15, 0.2) is 36.4 Å². The first-order valence-corrected chi connectivity index (χ1v) is 5.59. The van der Waals surface area contributed by atoms with E-state index in [0.29, 0.717) is 12.0 Å². The number of aliphatic hydroxyl groups excluding tert-OH is 1. The van der Waals surface area contributed by atoms with Crippen molar-refractivity contribution < 1.29 is 9.90 Å². The second-order valence-electron chi connectivity index (χ2n) is 3.86. The zero-order valence-corrected chi connectivity index (χ0v) is 9.60. The maximum atomic E-state index is 10.6. The molecule has 16 heavy (non-hydrogen) atoms. The highest BCUT2D eigenvalue weighted by Gasteiger charge is 2.02. The molecule has 86 valence electrons. The van der Waals surface area contributed by atoms with E-state index in [4.69, 9.17) is 0 Å². The predicted molar refractivity (Wildman–Crippen MR) is 65.6 cm³/mol. The summed E-state index contributed by atoms with van der Waals surface area (Å²) in [7, 11) is 0. The highest BCUT2D eigenvalue weighted by molar-refractivity contribution is 5.74. The molecule has 0 fully saturated rings. The van der Waals surface area contributed by atoms with E-state index in [1.165, 1.54) is 0 Å². The summed E-state index contributed by atoms with van der Waals surface area (Å²) >= 11 is 0. The molecule has 1 aromatic carbocycles. The number of allylic oxidation sites excluding steroid dienone is 1. The highest BCUT2D eigenvalue weighted by atomic mass is 16.3. The SMILES string of the molecule is C/C=C/C[C@@H](O)CCc1cccc(C=O)c1. The molecule has 0 aliphatic carbocycles. The molecule has 0 aliphatic heterocycles. The summed E-state index contributed by atoms with van der Waals surface area (Å²) in [5.74, 6) is 0. The van der Waals surface area contributed by atoms with E-state index in [1.54, 1.807) is 6.07 Å². The van der Waals surface area contributed by atoms with Gasteiger partial charge in [0.2, 0.25) is 0 Å². The van der Waals surface area contributed by atoms with Crippen LogP contribution in [-0.2, 0) is 6.42 Å². The molecule has 0 saturated carbocycles. The fourth-order valence-electron chi connectivity index (χ4n) is 1.57. The fraction of sp³-hybridized carbons (Fsp3) is 0.357. The Labute approximate surface area is 96.6 Å². The van der Waals surface area contributed by atoms with Crippen molar-refractivity contribution in [2.45, 2.75) is 32.3 Å². The van der Waals surface area contributed by atoms with Crippen LogP contribution in [0.25, 0.3) is 0 Å². The van der Waals surface area contributed by atoms with Crippen molar-refractivity contribution in [1.29, 1.82) is 0 Å². The molecule has 0 saturated heterocycles. The maximum absolute atomic E-state index is 10.6. The number of carbonyl (C=O) groups is 1. The molecule has 2 nitrogen and oxygen atoms in total. The lowest BCUT2D eigenvalue weighted by Gasteiger charge is -2.07. The van der Waals surface area contributed by atoms with Crippen LogP contribution in [0.3, 0.4) is 0 Å². The van der Waals surface area contributed by atoms with Gasteiger partial charge in [0.25, 0.3) is 0 Å². The fourth-order valence-corrected chi connectivity index (χ4v) is 1.57. The Morgan fingerprint density at radius 1 is 1.44 bits per heavy atom. The van der Waals surface area contributed by atoms with E-state index in [-0.39, 0.29) is 6.10 Å². The molecule has 2 heteroatoms. The Kier molecular flexibility index (Phi) is 5.51. The first-order chi connectivity index (χ1) is 7.76. The van der Waals surface area contributed by atoms with Gasteiger partial charge < -0.3 is 5.11 Å². The van der Waals surface area contributed by atoms with Gasteiger partial charge in [-0.2, -0.15) is 0 Å². The highest BCUT2D eigenvalue weighted by Crippen LogP contribution is 2.09. The van der Waals surface area contributed by atoms with Crippen molar-refractivity contribution in [2.75, 3.05) is 0 Å². The normalized spacial score (nSPS) is 12.9. The monoisotopic (exact) mass is 218 g/mol. The van der Waals surface area contributed by atoms with Crippen LogP contribution in [0.1, 0.15) is 35.7 Å². The summed E-state index contributed by atoms with van der Waals surface area (Å²) in [5.41, 5.74) is 1.80. The number of aryl methyl sites for hydroxylation is 1. The maximum Gasteiger partial charge on any atom is 0.150 e. The van der Waals surface area contributed by atoms with E-state index < -0.39 is 0 Å². The minimum absolute atomic E-state index is 0.295. The van der Waals surface area contributed by atoms with Crippen LogP contribution in [0, 0.1) is 0 Å². The van der Waals surface area contributed by atoms with E-state index in [1.807, 2.05) is 37.3 Å². The van der Waals surface area contributed by atoms with Gasteiger partial charge in [-0.05, 0) is 37.8 Å². The third kappa shape index (κ3) is 4.41. The quantitative estimate of drug-likeness (QED) is 0.589. The summed E-state index contributed by atoms with van der Waals surface area (Å²) in [4.78, 5) is 10.6. The number of benzene rings is 1. The van der Waals surface area contributed by atoms with Gasteiger partial charge in [-0.25, -0.2) is 0 Å². The molecule has 0 spiro atoms. The largest absolute Gasteiger partial charge is 0.393 e. The van der Waals surface area contributed by atoms with Gasteiger partial charge in [0.1, 0.15) is 6.29 Å². The van der Waals surface area contributed by atoms with Gasteiger partial charge in [-0.1, -0.05) is 30.4 Å². The molecule has 0 bridgehead atoms. The van der Waals surface area contributed by atoms with Crippen LogP contribution in [-0.4, -0.2) is 17.5 Å². The smallest absolute Gasteiger partial charge is 0.150 e. The zero-order valence-electron chi connectivity index (χ0n) is 9.60. The molecule has 0 aliphatic rings. The minimum Gasteiger partial charge on any atom is -0.393 e. The lowest BCUT2D eigenvalue weighted by atomic mass is 10.0. The number of hydrogen-bond acceptors (Lipinski definition) is 2. The van der Waals surface area contributed by atoms with Gasteiger partial charge >= 0.3 is 0 Å². The first-order valence-electron chi connectivity index (χ1n) is 5.59. The second-order valence-corrected chi connectivity index (χ2v) is 3.86. The van der Waals surface area contributed by atoms with E-state index in [2.05, 4.69) is 0 Å². The van der Waals surface area contributed by atoms with Crippen LogP contribution in [0.2, 0.25) is 0 Å². The molecule has 0 unspecified atom stereocenters. The number of aldehydes is 1. The number of carbonyl (C=O) groups excluding carboxylic acids is 1. The second kappa shape index (κ2) is 6.96. The molecule has 1 rings (SSSR count). The van der Waals surface area contributed by atoms with Gasteiger partial charge in [0.15, 0.2) is 0 Å². The van der Waals surface area contributed by atoms with Gasteiger partial charge in [-0.3, -0.25) is 4.79 Å². The van der Waals surface area contributed by atoms with Crippen molar-refractivity contribution in [3.63, 3.8) is 0 Å². The molecule has 1 aromatic rings. The van der Waals surface area contributed by atoms with Crippen molar-refractivity contribution >= 4 is 6.29 Å². The first kappa shape index (κ1) is 12.7. The molecular formula is C14H18O2. The average molecular weight is 218 g/mol. The summed E-state index contributed by atoms with van der Waals surface area (Å²) in [5, 5.41) is 9.65. The van der Waals surface area contributed by atoms with E-state index >= 15 is 0 Å². The van der Waals surface area contributed by atoms with Gasteiger partial charge in [-0.15, -0.1) is 0 Å². The number of aliphatic hydroxyl groups is 1. The van der Waals surface area contributed by atoms with E-state index in [9.17, 15) is 9.90 Å². The molecule has 0 aromatic heterocycles. The van der Waals surface area contributed by atoms with E-state index in [0.717, 1.165) is 24.7 Å². The summed E-state index contributed by atoms with van der Waals surface area (Å²) in [6.07, 6.45) is 6.69. The number of hydrogen-bond donors (Lipinski definition) is 1. The van der Waals surface area contributed by atoms with Gasteiger partial charge in [0.05, 0.1) is 6.10 Å². The number of rotatable bonds is 6. The Hall–Kier alpha value is -1.41. The van der Waals surface area contributed by atoms with Crippen molar-refractivity contribution in [3.05, 3.63) is 47.5 Å². The summed E-state index contributed by atoms with van der Waals surface area (Å²) in [6.45, 7) is 1.94. The van der Waals surface area contributed by atoms with Crippen LogP contribution in [0.4, 0.5) is 0 Å². The lowest BCUT2D eigenvalue weighted by Crippen LogP contribution is -2.06. The minimum atomic E-state index is -0.295. The summed E-state index contributed by atoms with van der Waals surface area (Å²) < 4.78 is 0. The van der Waals surface area contributed by atoms with Crippen LogP contribution < -0.4 is 0 Å². The summed E-state index contributed by atoms with van der Waals surface area (Å²) in [6, 6.07) is 7.51. The Morgan fingerprint density at radius 3 is 2.94 bits per heavy atom. The Morgan fingerprint density at radius 2 is 2.25 bits per heavy atom. The van der Waals surface area contributed by atoms with Gasteiger partial charge in [0, 0.05) is 5.56 Å². The van der Waals surface area contributed by atoms with Crippen molar-refractivity contribution in [1.82, 2.24) is 0 Å². The molecule has 0 amide bonds. The molecular weight excluding hydrogens is 200 g/mol. The van der Waals surface area contributed by atoms with Crippen LogP contribution >= 0.6 is 0 Å². The van der Waals surface area contributed by atoms with Crippen molar-refractivity contribution in [3.8, 4) is 0 Å². The molecule has 1 N–H and O–H groups in total. The predicted octanol–water partition coefficient (Wildman–Crippen LogP) is 2.76. The average Bonchev–Trinajstić information content (AvgIpc) is 2.34. The lowest BCUT2D eigenvalue weighted by molar-refractivity contribution is 0.112. The Balaban J connectivity index is 2.44. The van der Waals surface area contributed by atoms with Crippen molar-refractivity contribution in [2.24, 2.45) is 0 Å². The third-order valence-corrected chi connectivity index (χ3v) is 2.50. The standard InChI is InChI=1S/C14H18O2/c1-2-3-7-14(16)9-8-12-5-4-6-13(10-12)11-15/h2-6,10-11,14,16H,7-9H2,1H3/b3-2+/t14-/m1/s1. The van der Waals surface area contributed by atoms with Crippen LogP contribution in [0.5, 0.6) is 0 Å². The third-order valence-electron chi connectivity index (χ3n) is 2.50. The molecule has 0 radical (unpaired) electrons. The molecule has 0 heterocycles. The zero-order chi connectivity index (χ0) is 11.8. The molecule has 1 atom stereocenters.